The average molecular weight is 606 g/mol. The summed E-state index contributed by atoms with van der Waals surface area (Å²) in [5.41, 5.74) is 2.18. The number of aromatic nitrogens is 1. The maximum atomic E-state index is 13.9. The predicted octanol–water partition coefficient (Wildman–Crippen LogP) is 4.00. The molecule has 4 aliphatic rings. The molecule has 1 aromatic carbocycles. The molecular weight excluding hydrogens is 562 g/mol. The van der Waals surface area contributed by atoms with Crippen LogP contribution in [0, 0.1) is 11.8 Å². The zero-order valence-corrected chi connectivity index (χ0v) is 26.3. The number of likely N-dealkylation sites (tertiary alicyclic amines) is 1. The fourth-order valence-corrected chi connectivity index (χ4v) is 8.27. The second-order valence-electron chi connectivity index (χ2n) is 12.9. The Morgan fingerprint density at radius 1 is 1.09 bits per heavy atom. The normalized spacial score (nSPS) is 26.6. The van der Waals surface area contributed by atoms with Gasteiger partial charge in [0.1, 0.15) is 12.6 Å². The predicted molar refractivity (Wildman–Crippen MR) is 168 cm³/mol. The number of thiazole rings is 1. The highest BCUT2D eigenvalue weighted by Crippen LogP contribution is 2.42. The van der Waals surface area contributed by atoms with E-state index in [4.69, 9.17) is 9.72 Å². The summed E-state index contributed by atoms with van der Waals surface area (Å²) in [5.74, 6) is -0.428. The van der Waals surface area contributed by atoms with Gasteiger partial charge >= 0.3 is 0 Å². The van der Waals surface area contributed by atoms with Crippen molar-refractivity contribution in [1.29, 1.82) is 0 Å². The number of carbonyl (C=O) groups excluding carboxylic acids is 3. The van der Waals surface area contributed by atoms with Crippen LogP contribution in [0.1, 0.15) is 56.3 Å². The smallest absolute Gasteiger partial charge is 0.253 e. The van der Waals surface area contributed by atoms with E-state index < -0.39 is 11.7 Å². The highest BCUT2D eigenvalue weighted by Gasteiger charge is 2.59. The number of amides is 1. The number of aldehydes is 1. The zero-order chi connectivity index (χ0) is 30.1. The summed E-state index contributed by atoms with van der Waals surface area (Å²) in [7, 11) is 2.14. The van der Waals surface area contributed by atoms with Crippen LogP contribution in [0.5, 0.6) is 0 Å². The number of piperazine rings is 1. The van der Waals surface area contributed by atoms with E-state index in [1.165, 1.54) is 0 Å². The second kappa shape index (κ2) is 12.6. The number of hydrogen-bond donors (Lipinski definition) is 1. The quantitative estimate of drug-likeness (QED) is 0.357. The fraction of sp³-hybridized carbons (Fsp3) is 0.576. The Hall–Kier alpha value is -2.92. The summed E-state index contributed by atoms with van der Waals surface area (Å²) < 4.78 is 5.98. The van der Waals surface area contributed by atoms with E-state index in [0.717, 1.165) is 86.5 Å². The molecular formula is C33H43N5O4S. The fourth-order valence-electron chi connectivity index (χ4n) is 7.38. The van der Waals surface area contributed by atoms with E-state index in [0.29, 0.717) is 12.1 Å². The molecule has 4 fully saturated rings. The minimum absolute atomic E-state index is 0.0190. The lowest BCUT2D eigenvalue weighted by atomic mass is 9.78. The van der Waals surface area contributed by atoms with Crippen LogP contribution in [0.3, 0.4) is 0 Å². The summed E-state index contributed by atoms with van der Waals surface area (Å²) in [6.07, 6.45) is 7.50. The molecule has 4 atom stereocenters. The van der Waals surface area contributed by atoms with Crippen LogP contribution in [0.25, 0.3) is 11.3 Å². The summed E-state index contributed by atoms with van der Waals surface area (Å²) in [6.45, 7) is 8.58. The van der Waals surface area contributed by atoms with Gasteiger partial charge in [0.15, 0.2) is 22.9 Å². The topological polar surface area (TPSA) is 95.1 Å². The molecule has 3 saturated heterocycles. The number of nitrogens with one attached hydrogen (secondary N) is 1. The standard InChI is InChI=1S/C33H43N5O4S/c1-22(2)17-25-18-38(29-28(40)19-42-30(25)29)33(21-39,26-7-5-4-6-8-26)35-31(41)24-11-9-23(10-12-24)27-20-43-32(34-27)37-15-13-36(3)14-16-37/h9-12,17,20-21,25-26,29-30H,4-8,13-16,18-19H2,1-3H3,(H,35,41). The van der Waals surface area contributed by atoms with Crippen LogP contribution in [0.4, 0.5) is 5.13 Å². The molecule has 1 aromatic heterocycles. The van der Waals surface area contributed by atoms with Gasteiger partial charge in [-0.2, -0.15) is 0 Å². The third kappa shape index (κ3) is 5.94. The van der Waals surface area contributed by atoms with Crippen molar-refractivity contribution in [3.8, 4) is 11.3 Å². The van der Waals surface area contributed by atoms with Crippen molar-refractivity contribution in [1.82, 2.24) is 20.1 Å². The van der Waals surface area contributed by atoms with Gasteiger partial charge < -0.3 is 19.9 Å². The third-order valence-corrected chi connectivity index (χ3v) is 10.6. The number of anilines is 1. The maximum absolute atomic E-state index is 13.9. The minimum Gasteiger partial charge on any atom is -0.368 e. The van der Waals surface area contributed by atoms with Crippen molar-refractivity contribution in [2.75, 3.05) is 51.3 Å². The van der Waals surface area contributed by atoms with Crippen molar-refractivity contribution in [2.24, 2.45) is 11.8 Å². The van der Waals surface area contributed by atoms with Crippen LogP contribution in [0.2, 0.25) is 0 Å². The molecule has 0 spiro atoms. The summed E-state index contributed by atoms with van der Waals surface area (Å²) >= 11 is 1.65. The number of nitrogens with zero attached hydrogens (tertiary/aromatic N) is 4. The molecule has 1 saturated carbocycles. The Morgan fingerprint density at radius 2 is 1.81 bits per heavy atom. The van der Waals surface area contributed by atoms with E-state index in [2.05, 4.69) is 33.6 Å². The molecule has 230 valence electrons. The Labute approximate surface area is 258 Å². The molecule has 10 heteroatoms. The van der Waals surface area contributed by atoms with E-state index in [9.17, 15) is 14.4 Å². The van der Waals surface area contributed by atoms with Crippen LogP contribution < -0.4 is 10.2 Å². The minimum atomic E-state index is -1.28. The first-order valence-electron chi connectivity index (χ1n) is 15.6. The number of rotatable bonds is 8. The summed E-state index contributed by atoms with van der Waals surface area (Å²) in [6, 6.07) is 6.91. The number of allylic oxidation sites excluding steroid dienone is 1. The van der Waals surface area contributed by atoms with Crippen molar-refractivity contribution < 1.29 is 19.1 Å². The molecule has 1 aliphatic carbocycles. The first kappa shape index (κ1) is 30.1. The van der Waals surface area contributed by atoms with Crippen LogP contribution in [0.15, 0.2) is 41.3 Å². The molecule has 0 radical (unpaired) electrons. The number of ether oxygens (including phenoxy) is 1. The maximum Gasteiger partial charge on any atom is 0.253 e. The monoisotopic (exact) mass is 605 g/mol. The van der Waals surface area contributed by atoms with Crippen molar-refractivity contribution in [3.63, 3.8) is 0 Å². The van der Waals surface area contributed by atoms with Gasteiger partial charge in [-0.3, -0.25) is 19.3 Å². The molecule has 0 bridgehead atoms. The molecule has 9 nitrogen and oxygen atoms in total. The Morgan fingerprint density at radius 3 is 2.49 bits per heavy atom. The lowest BCUT2D eigenvalue weighted by molar-refractivity contribution is -0.132. The number of hydrogen-bond acceptors (Lipinski definition) is 9. The van der Waals surface area contributed by atoms with Crippen molar-refractivity contribution in [3.05, 3.63) is 46.9 Å². The average Bonchev–Trinajstić information content (AvgIpc) is 3.75. The van der Waals surface area contributed by atoms with Crippen LogP contribution >= 0.6 is 11.3 Å². The molecule has 6 rings (SSSR count). The first-order valence-corrected chi connectivity index (χ1v) is 16.5. The van der Waals surface area contributed by atoms with Gasteiger partial charge in [-0.1, -0.05) is 43.0 Å². The van der Waals surface area contributed by atoms with Gasteiger partial charge in [-0.05, 0) is 45.9 Å². The number of fused-ring (bicyclic) bond motifs is 1. The Bertz CT molecular complexity index is 1360. The summed E-state index contributed by atoms with van der Waals surface area (Å²) in [5, 5.41) is 6.28. The number of carbonyl (C=O) groups is 3. The van der Waals surface area contributed by atoms with Gasteiger partial charge in [0, 0.05) is 61.1 Å². The SMILES string of the molecule is CC(C)=CC1CN(C(C=O)(NC(=O)c2ccc(-c3csc(N4CCN(C)CC4)n3)cc2)C2CCCCC2)C2C(=O)COC12. The molecule has 1 N–H and O–H groups in total. The highest BCUT2D eigenvalue weighted by atomic mass is 32.1. The lowest BCUT2D eigenvalue weighted by Gasteiger charge is -2.47. The molecule has 4 unspecified atom stereocenters. The Kier molecular flexibility index (Phi) is 8.82. The lowest BCUT2D eigenvalue weighted by Crippen LogP contribution is -2.68. The van der Waals surface area contributed by atoms with Crippen molar-refractivity contribution in [2.45, 2.75) is 63.8 Å². The zero-order valence-electron chi connectivity index (χ0n) is 25.5. The van der Waals surface area contributed by atoms with Gasteiger partial charge in [0.2, 0.25) is 0 Å². The van der Waals surface area contributed by atoms with Gasteiger partial charge in [-0.15, -0.1) is 11.3 Å². The van der Waals surface area contributed by atoms with Crippen LogP contribution in [-0.2, 0) is 14.3 Å². The summed E-state index contributed by atoms with van der Waals surface area (Å²) in [4.78, 5) is 51.8. The van der Waals surface area contributed by atoms with Crippen LogP contribution in [-0.4, -0.2) is 96.9 Å². The van der Waals surface area contributed by atoms with Crippen molar-refractivity contribution >= 4 is 34.4 Å². The van der Waals surface area contributed by atoms with E-state index in [1.54, 1.807) is 23.5 Å². The Balaban J connectivity index is 1.24. The van der Waals surface area contributed by atoms with Gasteiger partial charge in [0.05, 0.1) is 11.8 Å². The second-order valence-corrected chi connectivity index (χ2v) is 13.7. The molecule has 4 heterocycles. The first-order chi connectivity index (χ1) is 20.8. The number of benzene rings is 1. The largest absolute Gasteiger partial charge is 0.368 e. The van der Waals surface area contributed by atoms with E-state index in [1.807, 2.05) is 30.9 Å². The number of likely N-dealkylation sites (N-methyl/N-ethyl adjacent to an activating group) is 1. The van der Waals surface area contributed by atoms with Gasteiger partial charge in [-0.25, -0.2) is 4.98 Å². The highest BCUT2D eigenvalue weighted by molar-refractivity contribution is 7.14. The molecule has 3 aliphatic heterocycles. The number of ketones is 1. The van der Waals surface area contributed by atoms with E-state index >= 15 is 0 Å². The molecule has 1 amide bonds. The van der Waals surface area contributed by atoms with Gasteiger partial charge in [0.25, 0.3) is 5.91 Å². The number of Topliss-reactive ketones (excluding diaryl/α,β-unsaturated/α-hetero) is 1. The molecule has 2 aromatic rings. The van der Waals surface area contributed by atoms with E-state index in [-0.39, 0.29) is 36.2 Å². The third-order valence-electron chi connectivity index (χ3n) is 9.68. The molecule has 43 heavy (non-hydrogen) atoms.